The number of carboxylic acid groups (broad SMARTS) is 1. The summed E-state index contributed by atoms with van der Waals surface area (Å²) in [5.41, 5.74) is 0. The Kier molecular flexibility index (Phi) is 4.47. The molecular formula is C12H22N2O4S. The molecule has 2 aliphatic heterocycles. The van der Waals surface area contributed by atoms with Crippen molar-refractivity contribution in [3.63, 3.8) is 0 Å². The van der Waals surface area contributed by atoms with E-state index in [2.05, 4.69) is 0 Å². The highest BCUT2D eigenvalue weighted by atomic mass is 32.2. The van der Waals surface area contributed by atoms with Crippen LogP contribution in [0.15, 0.2) is 0 Å². The van der Waals surface area contributed by atoms with E-state index < -0.39 is 22.2 Å². The molecule has 19 heavy (non-hydrogen) atoms. The zero-order valence-corrected chi connectivity index (χ0v) is 12.1. The summed E-state index contributed by atoms with van der Waals surface area (Å²) in [6, 6.07) is -0.893. The van der Waals surface area contributed by atoms with E-state index in [4.69, 9.17) is 0 Å². The van der Waals surface area contributed by atoms with Crippen LogP contribution in [0.2, 0.25) is 0 Å². The van der Waals surface area contributed by atoms with E-state index in [9.17, 15) is 18.3 Å². The Balaban J connectivity index is 2.19. The van der Waals surface area contributed by atoms with Gasteiger partial charge in [-0.2, -0.15) is 17.0 Å². The van der Waals surface area contributed by atoms with Gasteiger partial charge in [-0.15, -0.1) is 0 Å². The number of hydrogen-bond acceptors (Lipinski definition) is 3. The van der Waals surface area contributed by atoms with Crippen LogP contribution in [0.1, 0.15) is 39.0 Å². The van der Waals surface area contributed by atoms with Crippen molar-refractivity contribution in [2.75, 3.05) is 19.6 Å². The van der Waals surface area contributed by atoms with E-state index in [0.29, 0.717) is 32.0 Å². The normalized spacial score (nSPS) is 31.2. The molecule has 1 N–H and O–H groups in total. The molecule has 0 spiro atoms. The zero-order valence-electron chi connectivity index (χ0n) is 11.3. The maximum atomic E-state index is 12.6. The second kappa shape index (κ2) is 5.76. The molecule has 1 unspecified atom stereocenters. The van der Waals surface area contributed by atoms with Gasteiger partial charge in [0.25, 0.3) is 10.2 Å². The van der Waals surface area contributed by atoms with Crippen LogP contribution in [0, 0.1) is 5.92 Å². The van der Waals surface area contributed by atoms with E-state index >= 15 is 0 Å². The predicted molar refractivity (Wildman–Crippen MR) is 70.9 cm³/mol. The minimum Gasteiger partial charge on any atom is -0.480 e. The van der Waals surface area contributed by atoms with Crippen LogP contribution < -0.4 is 0 Å². The van der Waals surface area contributed by atoms with Gasteiger partial charge in [0.1, 0.15) is 6.04 Å². The number of aliphatic carboxylic acids is 1. The summed E-state index contributed by atoms with van der Waals surface area (Å²) in [5, 5.41) is 9.20. The molecule has 2 fully saturated rings. The summed E-state index contributed by atoms with van der Waals surface area (Å²) < 4.78 is 27.8. The Labute approximate surface area is 114 Å². The molecule has 2 aliphatic rings. The molecule has 0 aromatic rings. The van der Waals surface area contributed by atoms with Crippen molar-refractivity contribution in [2.45, 2.75) is 45.1 Å². The maximum absolute atomic E-state index is 12.6. The van der Waals surface area contributed by atoms with Crippen LogP contribution in [0.25, 0.3) is 0 Å². The van der Waals surface area contributed by atoms with Crippen LogP contribution in [0.4, 0.5) is 0 Å². The molecule has 0 radical (unpaired) electrons. The Morgan fingerprint density at radius 2 is 1.89 bits per heavy atom. The van der Waals surface area contributed by atoms with Gasteiger partial charge in [0, 0.05) is 19.6 Å². The molecular weight excluding hydrogens is 268 g/mol. The maximum Gasteiger partial charge on any atom is 0.322 e. The highest BCUT2D eigenvalue weighted by Gasteiger charge is 2.40. The number of nitrogens with zero attached hydrogens (tertiary/aromatic N) is 2. The third kappa shape index (κ3) is 3.09. The van der Waals surface area contributed by atoms with Gasteiger partial charge >= 0.3 is 5.97 Å². The average Bonchev–Trinajstić information content (AvgIpc) is 2.38. The first-order valence-electron chi connectivity index (χ1n) is 6.92. The largest absolute Gasteiger partial charge is 0.480 e. The second-order valence-electron chi connectivity index (χ2n) is 5.57. The molecule has 2 heterocycles. The highest BCUT2D eigenvalue weighted by Crippen LogP contribution is 2.26. The van der Waals surface area contributed by atoms with Gasteiger partial charge in [-0.3, -0.25) is 4.79 Å². The molecule has 7 heteroatoms. The predicted octanol–water partition coefficient (Wildman–Crippen LogP) is 0.902. The Morgan fingerprint density at radius 1 is 1.16 bits per heavy atom. The smallest absolute Gasteiger partial charge is 0.322 e. The van der Waals surface area contributed by atoms with Gasteiger partial charge < -0.3 is 5.11 Å². The number of hydrogen-bond donors (Lipinski definition) is 1. The number of carboxylic acids is 1. The van der Waals surface area contributed by atoms with Crippen molar-refractivity contribution >= 4 is 16.2 Å². The fraction of sp³-hybridized carbons (Fsp3) is 0.917. The lowest BCUT2D eigenvalue weighted by atomic mass is 10.0. The molecule has 0 amide bonds. The Morgan fingerprint density at radius 3 is 2.53 bits per heavy atom. The van der Waals surface area contributed by atoms with Gasteiger partial charge in [-0.05, 0) is 38.0 Å². The van der Waals surface area contributed by atoms with E-state index in [1.807, 2.05) is 6.92 Å². The lowest BCUT2D eigenvalue weighted by molar-refractivity contribution is -0.142. The number of carbonyl (C=O) groups is 1. The number of rotatable bonds is 3. The van der Waals surface area contributed by atoms with E-state index in [-0.39, 0.29) is 0 Å². The minimum absolute atomic E-state index is 0.324. The first-order valence-corrected chi connectivity index (χ1v) is 8.32. The molecule has 2 saturated heterocycles. The third-order valence-corrected chi connectivity index (χ3v) is 6.00. The standard InChI is InChI=1S/C12H22N2O4S/c1-10-5-4-7-13(9-10)19(17,18)14-8-3-2-6-11(14)12(15)16/h10-11H,2-9H2,1H3,(H,15,16)/t10?,11-/m1/s1. The van der Waals surface area contributed by atoms with Gasteiger partial charge in [-0.25, -0.2) is 0 Å². The van der Waals surface area contributed by atoms with Crippen molar-refractivity contribution in [1.29, 1.82) is 0 Å². The van der Waals surface area contributed by atoms with E-state index in [1.165, 1.54) is 8.61 Å². The topological polar surface area (TPSA) is 77.9 Å². The summed E-state index contributed by atoms with van der Waals surface area (Å²) in [4.78, 5) is 11.2. The Hall–Kier alpha value is -0.660. The van der Waals surface area contributed by atoms with Crippen molar-refractivity contribution in [3.05, 3.63) is 0 Å². The molecule has 2 atom stereocenters. The van der Waals surface area contributed by atoms with Crippen molar-refractivity contribution in [3.8, 4) is 0 Å². The SMILES string of the molecule is CC1CCCN(S(=O)(=O)N2CCCC[C@@H]2C(=O)O)C1. The van der Waals surface area contributed by atoms with Crippen molar-refractivity contribution in [2.24, 2.45) is 5.92 Å². The first kappa shape index (κ1) is 14.7. The van der Waals surface area contributed by atoms with Gasteiger partial charge in [0.2, 0.25) is 0 Å². The quantitative estimate of drug-likeness (QED) is 0.838. The van der Waals surface area contributed by atoms with E-state index in [0.717, 1.165) is 25.7 Å². The number of piperidine rings is 2. The summed E-state index contributed by atoms with van der Waals surface area (Å²) in [5.74, 6) is -0.690. The third-order valence-electron chi connectivity index (χ3n) is 3.98. The summed E-state index contributed by atoms with van der Waals surface area (Å²) in [6.07, 6.45) is 3.82. The summed E-state index contributed by atoms with van der Waals surface area (Å²) in [6.45, 7) is 3.37. The molecule has 6 nitrogen and oxygen atoms in total. The fourth-order valence-electron chi connectivity index (χ4n) is 2.93. The first-order chi connectivity index (χ1) is 8.93. The van der Waals surface area contributed by atoms with Crippen LogP contribution >= 0.6 is 0 Å². The summed E-state index contributed by atoms with van der Waals surface area (Å²) >= 11 is 0. The average molecular weight is 290 g/mol. The fourth-order valence-corrected chi connectivity index (χ4v) is 4.91. The van der Waals surface area contributed by atoms with E-state index in [1.54, 1.807) is 0 Å². The summed E-state index contributed by atoms with van der Waals surface area (Å²) in [7, 11) is -3.63. The van der Waals surface area contributed by atoms with Gasteiger partial charge in [-0.1, -0.05) is 6.92 Å². The monoisotopic (exact) mass is 290 g/mol. The Bertz CT molecular complexity index is 437. The van der Waals surface area contributed by atoms with Crippen LogP contribution in [-0.4, -0.2) is 53.8 Å². The lowest BCUT2D eigenvalue weighted by Crippen LogP contribution is -2.54. The van der Waals surface area contributed by atoms with Crippen molar-refractivity contribution < 1.29 is 18.3 Å². The minimum atomic E-state index is -3.63. The van der Waals surface area contributed by atoms with Crippen LogP contribution in [0.3, 0.4) is 0 Å². The molecule has 0 aromatic heterocycles. The van der Waals surface area contributed by atoms with Crippen molar-refractivity contribution in [1.82, 2.24) is 8.61 Å². The lowest BCUT2D eigenvalue weighted by Gasteiger charge is -2.38. The van der Waals surface area contributed by atoms with Crippen LogP contribution in [0.5, 0.6) is 0 Å². The molecule has 0 aromatic carbocycles. The molecule has 2 rings (SSSR count). The molecule has 0 aliphatic carbocycles. The molecule has 0 bridgehead atoms. The van der Waals surface area contributed by atoms with Gasteiger partial charge in [0.15, 0.2) is 0 Å². The zero-order chi connectivity index (χ0) is 14.0. The molecule has 0 saturated carbocycles. The second-order valence-corrected chi connectivity index (χ2v) is 7.45. The van der Waals surface area contributed by atoms with Crippen LogP contribution in [-0.2, 0) is 15.0 Å². The molecule has 110 valence electrons. The highest BCUT2D eigenvalue weighted by molar-refractivity contribution is 7.86. The van der Waals surface area contributed by atoms with Gasteiger partial charge in [0.05, 0.1) is 0 Å².